The lowest BCUT2D eigenvalue weighted by atomic mass is 9.92. The molecule has 0 saturated heterocycles. The molecule has 0 unspecified atom stereocenters. The molecule has 0 atom stereocenters. The number of nitrogens with one attached hydrogen (secondary N) is 2. The molecule has 0 aliphatic heterocycles. The third-order valence-corrected chi connectivity index (χ3v) is 5.08. The van der Waals surface area contributed by atoms with Crippen molar-refractivity contribution >= 4 is 23.7 Å². The molecule has 3 amide bonds. The minimum Gasteiger partial charge on any atom is -0.465 e. The number of urea groups is 1. The van der Waals surface area contributed by atoms with E-state index in [1.165, 1.54) is 4.90 Å². The average molecular weight is 488 g/mol. The second-order valence-corrected chi connectivity index (χ2v) is 9.20. The van der Waals surface area contributed by atoms with Gasteiger partial charge in [-0.3, -0.25) is 9.59 Å². The highest BCUT2D eigenvalue weighted by Crippen LogP contribution is 2.26. The number of nitrogens with zero attached hydrogens (tertiary/aromatic N) is 3. The van der Waals surface area contributed by atoms with Crippen molar-refractivity contribution < 1.29 is 23.9 Å². The molecule has 0 aliphatic rings. The van der Waals surface area contributed by atoms with Gasteiger partial charge in [-0.15, -0.1) is 0 Å². The van der Waals surface area contributed by atoms with Crippen LogP contribution >= 0.6 is 0 Å². The van der Waals surface area contributed by atoms with E-state index >= 15 is 0 Å². The van der Waals surface area contributed by atoms with E-state index in [2.05, 4.69) is 10.6 Å². The molecule has 192 valence electrons. The molecule has 1 aromatic heterocycles. The summed E-state index contributed by atoms with van der Waals surface area (Å²) in [5, 5.41) is 10.1. The summed E-state index contributed by atoms with van der Waals surface area (Å²) in [6.07, 6.45) is 0.534. The first-order valence-corrected chi connectivity index (χ1v) is 11.7. The molecule has 1 heterocycles. The van der Waals surface area contributed by atoms with Crippen molar-refractivity contribution in [1.82, 2.24) is 20.0 Å². The highest BCUT2D eigenvalue weighted by molar-refractivity contribution is 5.94. The fourth-order valence-electron chi connectivity index (χ4n) is 3.27. The normalized spacial score (nSPS) is 11.1. The molecule has 2 N–H and O–H groups in total. The van der Waals surface area contributed by atoms with Crippen LogP contribution in [-0.2, 0) is 24.5 Å². The molecular formula is C25H37N5O5. The Balaban J connectivity index is 2.20. The van der Waals surface area contributed by atoms with E-state index in [0.29, 0.717) is 18.8 Å². The van der Waals surface area contributed by atoms with Crippen LogP contribution in [0.4, 0.5) is 10.6 Å². The van der Waals surface area contributed by atoms with E-state index < -0.39 is 12.0 Å². The van der Waals surface area contributed by atoms with Crippen molar-refractivity contribution in [3.05, 3.63) is 41.6 Å². The number of aromatic nitrogens is 2. The minimum absolute atomic E-state index is 0.206. The average Bonchev–Trinajstić information content (AvgIpc) is 3.21. The Morgan fingerprint density at radius 1 is 1.17 bits per heavy atom. The summed E-state index contributed by atoms with van der Waals surface area (Å²) in [7, 11) is 1.57. The van der Waals surface area contributed by atoms with Crippen LogP contribution in [0.15, 0.2) is 30.3 Å². The van der Waals surface area contributed by atoms with Crippen LogP contribution in [0.1, 0.15) is 45.4 Å². The second kappa shape index (κ2) is 12.9. The molecule has 0 radical (unpaired) electrons. The van der Waals surface area contributed by atoms with Crippen LogP contribution < -0.4 is 10.6 Å². The van der Waals surface area contributed by atoms with E-state index in [0.717, 1.165) is 16.9 Å². The van der Waals surface area contributed by atoms with Gasteiger partial charge in [-0.05, 0) is 38.0 Å². The van der Waals surface area contributed by atoms with Crippen LogP contribution in [0, 0.1) is 6.92 Å². The molecule has 2 aromatic rings. The monoisotopic (exact) mass is 487 g/mol. The molecule has 0 saturated carbocycles. The summed E-state index contributed by atoms with van der Waals surface area (Å²) in [6.45, 7) is 10.3. The van der Waals surface area contributed by atoms with Gasteiger partial charge in [0.2, 0.25) is 5.91 Å². The lowest BCUT2D eigenvalue weighted by Crippen LogP contribution is -2.46. The number of anilines is 1. The van der Waals surface area contributed by atoms with E-state index in [4.69, 9.17) is 14.6 Å². The van der Waals surface area contributed by atoms with Gasteiger partial charge in [0, 0.05) is 31.7 Å². The third-order valence-electron chi connectivity index (χ3n) is 5.08. The molecule has 35 heavy (non-hydrogen) atoms. The maximum absolute atomic E-state index is 13.0. The number of carbonyl (C=O) groups excluding carboxylic acids is 3. The number of benzene rings is 1. The summed E-state index contributed by atoms with van der Waals surface area (Å²) in [6, 6.07) is 9.13. The Morgan fingerprint density at radius 2 is 1.91 bits per heavy atom. The minimum atomic E-state index is -0.543. The van der Waals surface area contributed by atoms with Crippen molar-refractivity contribution in [2.45, 2.75) is 46.5 Å². The van der Waals surface area contributed by atoms with E-state index in [1.807, 2.05) is 58.0 Å². The Bertz CT molecular complexity index is 1010. The standard InChI is InChI=1S/C25H37N5O5/c1-7-35-23(32)16-26-24(33)29(12-9-13-34-6)17-22(31)27-21-15-20(25(3,4)5)28-30(21)19-11-8-10-18(2)14-19/h8,10-11,14-15H,7,9,12-13,16-17H2,1-6H3,(H,26,33)(H,27,31). The first-order valence-electron chi connectivity index (χ1n) is 11.7. The van der Waals surface area contributed by atoms with Gasteiger partial charge in [0.05, 0.1) is 18.0 Å². The van der Waals surface area contributed by atoms with E-state index in [-0.39, 0.29) is 37.6 Å². The van der Waals surface area contributed by atoms with Gasteiger partial charge in [-0.25, -0.2) is 9.48 Å². The maximum atomic E-state index is 13.0. The number of esters is 1. The van der Waals surface area contributed by atoms with Crippen LogP contribution in [0.3, 0.4) is 0 Å². The molecular weight excluding hydrogens is 450 g/mol. The van der Waals surface area contributed by atoms with Gasteiger partial charge in [0.1, 0.15) is 18.9 Å². The Kier molecular flexibility index (Phi) is 10.3. The van der Waals surface area contributed by atoms with Crippen LogP contribution in [0.25, 0.3) is 5.69 Å². The number of ether oxygens (including phenoxy) is 2. The summed E-state index contributed by atoms with van der Waals surface area (Å²) in [4.78, 5) is 38.6. The first-order chi connectivity index (χ1) is 16.5. The Hall–Kier alpha value is -3.40. The van der Waals surface area contributed by atoms with Crippen LogP contribution in [0.5, 0.6) is 0 Å². The summed E-state index contributed by atoms with van der Waals surface area (Å²) in [5.74, 6) is -0.420. The molecule has 1 aromatic carbocycles. The maximum Gasteiger partial charge on any atom is 0.325 e. The largest absolute Gasteiger partial charge is 0.465 e. The number of hydrogen-bond donors (Lipinski definition) is 2. The van der Waals surface area contributed by atoms with Gasteiger partial charge >= 0.3 is 12.0 Å². The topological polar surface area (TPSA) is 115 Å². The molecule has 10 heteroatoms. The molecule has 10 nitrogen and oxygen atoms in total. The van der Waals surface area contributed by atoms with Gasteiger partial charge in [-0.1, -0.05) is 32.9 Å². The highest BCUT2D eigenvalue weighted by Gasteiger charge is 2.23. The highest BCUT2D eigenvalue weighted by atomic mass is 16.5. The Morgan fingerprint density at radius 3 is 2.54 bits per heavy atom. The zero-order valence-corrected chi connectivity index (χ0v) is 21.5. The molecule has 0 spiro atoms. The summed E-state index contributed by atoms with van der Waals surface area (Å²) in [5.41, 5.74) is 2.47. The van der Waals surface area contributed by atoms with Gasteiger partial charge < -0.3 is 25.0 Å². The lowest BCUT2D eigenvalue weighted by Gasteiger charge is -2.22. The number of carbonyl (C=O) groups is 3. The van der Waals surface area contributed by atoms with Gasteiger partial charge in [0.25, 0.3) is 0 Å². The van der Waals surface area contributed by atoms with E-state index in [9.17, 15) is 14.4 Å². The van der Waals surface area contributed by atoms with Gasteiger partial charge in [0.15, 0.2) is 0 Å². The summed E-state index contributed by atoms with van der Waals surface area (Å²) >= 11 is 0. The second-order valence-electron chi connectivity index (χ2n) is 9.20. The van der Waals surface area contributed by atoms with Crippen LogP contribution in [-0.4, -0.2) is 72.5 Å². The zero-order chi connectivity index (χ0) is 26.0. The number of amides is 3. The van der Waals surface area contributed by atoms with Crippen LogP contribution in [0.2, 0.25) is 0 Å². The van der Waals surface area contributed by atoms with E-state index in [1.54, 1.807) is 18.7 Å². The lowest BCUT2D eigenvalue weighted by molar-refractivity contribution is -0.141. The third kappa shape index (κ3) is 8.71. The smallest absolute Gasteiger partial charge is 0.325 e. The molecule has 0 bridgehead atoms. The molecule has 0 fully saturated rings. The Labute approximate surface area is 207 Å². The summed E-state index contributed by atoms with van der Waals surface area (Å²) < 4.78 is 11.6. The number of aryl methyl sites for hydroxylation is 1. The van der Waals surface area contributed by atoms with Crippen molar-refractivity contribution in [2.75, 3.05) is 45.3 Å². The number of methoxy groups -OCH3 is 1. The predicted molar refractivity (Wildman–Crippen MR) is 134 cm³/mol. The van der Waals surface area contributed by atoms with Crippen molar-refractivity contribution in [3.8, 4) is 5.69 Å². The molecule has 0 aliphatic carbocycles. The quantitative estimate of drug-likeness (QED) is 0.372. The fourth-order valence-corrected chi connectivity index (χ4v) is 3.27. The van der Waals surface area contributed by atoms with Gasteiger partial charge in [-0.2, -0.15) is 5.10 Å². The van der Waals surface area contributed by atoms with Crippen molar-refractivity contribution in [2.24, 2.45) is 0 Å². The fraction of sp³-hybridized carbons (Fsp3) is 0.520. The SMILES string of the molecule is CCOC(=O)CNC(=O)N(CCCOC)CC(=O)Nc1cc(C(C)(C)C)nn1-c1cccc(C)c1. The van der Waals surface area contributed by atoms with Crippen molar-refractivity contribution in [1.29, 1.82) is 0 Å². The number of hydrogen-bond acceptors (Lipinski definition) is 6. The molecule has 2 rings (SSSR count). The zero-order valence-electron chi connectivity index (χ0n) is 21.5. The number of rotatable bonds is 11. The predicted octanol–water partition coefficient (Wildman–Crippen LogP) is 3.03. The first kappa shape index (κ1) is 27.8. The van der Waals surface area contributed by atoms with Crippen molar-refractivity contribution in [3.63, 3.8) is 0 Å².